The number of hydrogen-bond acceptors (Lipinski definition) is 9. The monoisotopic (exact) mass is 353 g/mol. The van der Waals surface area contributed by atoms with Crippen molar-refractivity contribution in [3.8, 4) is 0 Å². The maximum Gasteiger partial charge on any atom is 0.132 e. The fourth-order valence-corrected chi connectivity index (χ4v) is 2.93. The normalized spacial score (nSPS) is 30.9. The third-order valence-electron chi connectivity index (χ3n) is 3.13. The predicted octanol–water partition coefficient (Wildman–Crippen LogP) is -1.14. The summed E-state index contributed by atoms with van der Waals surface area (Å²) in [5, 5.41) is 41.5. The summed E-state index contributed by atoms with van der Waals surface area (Å²) in [4.78, 5) is 2.60. The quantitative estimate of drug-likeness (QED) is 0.157. The highest BCUT2D eigenvalue weighted by Gasteiger charge is 2.43. The third kappa shape index (κ3) is 7.21. The van der Waals surface area contributed by atoms with Crippen LogP contribution in [0.25, 0.3) is 10.4 Å². The standard InChI is InChI=1S/C12H23N3O7S/c13-15-14-1-2-20-3-4-21-5-6-23-12-11(19)10(18)9(17)8(7-16)22-12/h8-12,16-19H,1-7H2/t8-,9-,10+,11+,12-/m1/s1. The molecule has 0 saturated carbocycles. The largest absolute Gasteiger partial charge is 0.394 e. The fourth-order valence-electron chi connectivity index (χ4n) is 1.90. The lowest BCUT2D eigenvalue weighted by Gasteiger charge is -2.39. The molecule has 0 amide bonds. The topological polar surface area (TPSA) is 157 Å². The Morgan fingerprint density at radius 1 is 1.04 bits per heavy atom. The van der Waals surface area contributed by atoms with Crippen molar-refractivity contribution in [3.05, 3.63) is 10.4 Å². The first-order valence-electron chi connectivity index (χ1n) is 7.20. The molecule has 1 heterocycles. The molecule has 0 radical (unpaired) electrons. The fraction of sp³-hybridized carbons (Fsp3) is 1.00. The van der Waals surface area contributed by atoms with Crippen LogP contribution in [-0.4, -0.2) is 95.6 Å². The summed E-state index contributed by atoms with van der Waals surface area (Å²) >= 11 is 1.23. The van der Waals surface area contributed by atoms with Crippen LogP contribution in [-0.2, 0) is 14.2 Å². The minimum atomic E-state index is -1.36. The van der Waals surface area contributed by atoms with Gasteiger partial charge in [-0.05, 0) is 5.53 Å². The number of hydrogen-bond donors (Lipinski definition) is 4. The first kappa shape index (κ1) is 20.4. The van der Waals surface area contributed by atoms with Crippen molar-refractivity contribution in [1.82, 2.24) is 0 Å². The lowest BCUT2D eigenvalue weighted by molar-refractivity contribution is -0.205. The van der Waals surface area contributed by atoms with Crippen LogP contribution in [0.4, 0.5) is 0 Å². The predicted molar refractivity (Wildman–Crippen MR) is 81.9 cm³/mol. The van der Waals surface area contributed by atoms with Crippen molar-refractivity contribution in [2.75, 3.05) is 45.3 Å². The van der Waals surface area contributed by atoms with Crippen LogP contribution >= 0.6 is 11.8 Å². The molecule has 10 nitrogen and oxygen atoms in total. The SMILES string of the molecule is [N-]=[N+]=NCCOCCOCCS[C@H]1O[C@H](CO)[C@@H](O)[C@H](O)[C@@H]1O. The highest BCUT2D eigenvalue weighted by molar-refractivity contribution is 7.99. The molecule has 4 N–H and O–H groups in total. The lowest BCUT2D eigenvalue weighted by Crippen LogP contribution is -2.57. The molecule has 1 saturated heterocycles. The molecule has 0 aromatic carbocycles. The van der Waals surface area contributed by atoms with Crippen molar-refractivity contribution in [2.45, 2.75) is 29.9 Å². The van der Waals surface area contributed by atoms with Crippen molar-refractivity contribution < 1.29 is 34.6 Å². The molecule has 0 bridgehead atoms. The Bertz CT molecular complexity index is 371. The Balaban J connectivity index is 2.09. The molecular weight excluding hydrogens is 330 g/mol. The Hall–Kier alpha value is -0.620. The van der Waals surface area contributed by atoms with E-state index in [2.05, 4.69) is 10.0 Å². The van der Waals surface area contributed by atoms with E-state index in [0.29, 0.717) is 32.2 Å². The number of azide groups is 1. The average molecular weight is 353 g/mol. The van der Waals surface area contributed by atoms with Gasteiger partial charge in [-0.25, -0.2) is 0 Å². The molecule has 0 spiro atoms. The van der Waals surface area contributed by atoms with Crippen molar-refractivity contribution in [2.24, 2.45) is 5.11 Å². The molecule has 0 aromatic heterocycles. The van der Waals surface area contributed by atoms with Gasteiger partial charge >= 0.3 is 0 Å². The Morgan fingerprint density at radius 2 is 1.74 bits per heavy atom. The van der Waals surface area contributed by atoms with Gasteiger partial charge in [-0.15, -0.1) is 11.8 Å². The van der Waals surface area contributed by atoms with Gasteiger partial charge in [-0.3, -0.25) is 0 Å². The lowest BCUT2D eigenvalue weighted by atomic mass is 10.0. The molecule has 5 atom stereocenters. The number of rotatable bonds is 11. The molecule has 1 aliphatic heterocycles. The zero-order valence-corrected chi connectivity index (χ0v) is 13.4. The Labute approximate surface area is 138 Å². The number of aliphatic hydroxyl groups is 4. The van der Waals surface area contributed by atoms with Crippen LogP contribution < -0.4 is 0 Å². The molecule has 134 valence electrons. The van der Waals surface area contributed by atoms with Gasteiger partial charge < -0.3 is 34.6 Å². The van der Waals surface area contributed by atoms with Gasteiger partial charge in [-0.1, -0.05) is 5.11 Å². The second-order valence-electron chi connectivity index (χ2n) is 4.75. The van der Waals surface area contributed by atoms with E-state index in [4.69, 9.17) is 24.8 Å². The van der Waals surface area contributed by atoms with Gasteiger partial charge in [-0.2, -0.15) is 0 Å². The van der Waals surface area contributed by atoms with Crippen molar-refractivity contribution >= 4 is 11.8 Å². The number of thioether (sulfide) groups is 1. The first-order valence-corrected chi connectivity index (χ1v) is 8.25. The van der Waals surface area contributed by atoms with Gasteiger partial charge in [0.25, 0.3) is 0 Å². The first-order chi connectivity index (χ1) is 11.1. The van der Waals surface area contributed by atoms with E-state index >= 15 is 0 Å². The Kier molecular flexibility index (Phi) is 10.5. The maximum absolute atomic E-state index is 9.83. The summed E-state index contributed by atoms with van der Waals surface area (Å²) in [6.07, 6.45) is -4.83. The minimum absolute atomic E-state index is 0.281. The van der Waals surface area contributed by atoms with Gasteiger partial charge in [0, 0.05) is 17.2 Å². The van der Waals surface area contributed by atoms with Crippen LogP contribution in [0.1, 0.15) is 0 Å². The third-order valence-corrected chi connectivity index (χ3v) is 4.25. The summed E-state index contributed by atoms with van der Waals surface area (Å²) in [5.41, 5.74) is 7.32. The zero-order chi connectivity index (χ0) is 17.1. The van der Waals surface area contributed by atoms with Crippen LogP contribution in [0.15, 0.2) is 5.11 Å². The second-order valence-corrected chi connectivity index (χ2v) is 5.95. The summed E-state index contributed by atoms with van der Waals surface area (Å²) in [5.74, 6) is 0.501. The van der Waals surface area contributed by atoms with E-state index in [1.807, 2.05) is 0 Å². The smallest absolute Gasteiger partial charge is 0.132 e. The molecule has 0 unspecified atom stereocenters. The van der Waals surface area contributed by atoms with Crippen molar-refractivity contribution in [3.63, 3.8) is 0 Å². The van der Waals surface area contributed by atoms with Crippen LogP contribution in [0, 0.1) is 0 Å². The second kappa shape index (κ2) is 11.8. The van der Waals surface area contributed by atoms with E-state index in [1.165, 1.54) is 11.8 Å². The number of aliphatic hydroxyl groups excluding tert-OH is 4. The zero-order valence-electron chi connectivity index (χ0n) is 12.6. The van der Waals surface area contributed by atoms with E-state index in [0.717, 1.165) is 0 Å². The summed E-state index contributed by atoms with van der Waals surface area (Å²) < 4.78 is 15.8. The summed E-state index contributed by atoms with van der Waals surface area (Å²) in [6, 6.07) is 0. The Morgan fingerprint density at radius 3 is 2.39 bits per heavy atom. The molecule has 23 heavy (non-hydrogen) atoms. The minimum Gasteiger partial charge on any atom is -0.394 e. The molecular formula is C12H23N3O7S. The van der Waals surface area contributed by atoms with Crippen LogP contribution in [0.2, 0.25) is 0 Å². The van der Waals surface area contributed by atoms with E-state index in [9.17, 15) is 15.3 Å². The molecule has 1 aliphatic rings. The van der Waals surface area contributed by atoms with E-state index in [1.54, 1.807) is 0 Å². The summed E-state index contributed by atoms with van der Waals surface area (Å²) in [7, 11) is 0. The van der Waals surface area contributed by atoms with Crippen molar-refractivity contribution in [1.29, 1.82) is 0 Å². The average Bonchev–Trinajstić information content (AvgIpc) is 2.56. The van der Waals surface area contributed by atoms with Gasteiger partial charge in [0.15, 0.2) is 0 Å². The highest BCUT2D eigenvalue weighted by atomic mass is 32.2. The molecule has 11 heteroatoms. The molecule has 0 aliphatic carbocycles. The highest BCUT2D eigenvalue weighted by Crippen LogP contribution is 2.28. The summed E-state index contributed by atoms with van der Waals surface area (Å²) in [6.45, 7) is 1.33. The van der Waals surface area contributed by atoms with Gasteiger partial charge in [0.1, 0.15) is 29.9 Å². The van der Waals surface area contributed by atoms with Crippen LogP contribution in [0.5, 0.6) is 0 Å². The van der Waals surface area contributed by atoms with E-state index < -0.39 is 36.5 Å². The number of ether oxygens (including phenoxy) is 3. The maximum atomic E-state index is 9.83. The molecule has 1 rings (SSSR count). The number of nitrogens with zero attached hydrogens (tertiary/aromatic N) is 3. The molecule has 0 aromatic rings. The van der Waals surface area contributed by atoms with Gasteiger partial charge in [0.05, 0.1) is 33.0 Å². The van der Waals surface area contributed by atoms with E-state index in [-0.39, 0.29) is 6.54 Å². The van der Waals surface area contributed by atoms with Crippen LogP contribution in [0.3, 0.4) is 0 Å². The van der Waals surface area contributed by atoms with Gasteiger partial charge in [0.2, 0.25) is 0 Å². The molecule has 1 fully saturated rings.